The maximum Gasteiger partial charge on any atom is 0.258 e. The van der Waals surface area contributed by atoms with Gasteiger partial charge in [-0.25, -0.2) is 4.98 Å². The van der Waals surface area contributed by atoms with Crippen molar-refractivity contribution in [3.63, 3.8) is 0 Å². The molecule has 1 atom stereocenters. The number of nitrogens with one attached hydrogen (secondary N) is 2. The predicted octanol–water partition coefficient (Wildman–Crippen LogP) is 2.38. The highest BCUT2D eigenvalue weighted by Crippen LogP contribution is 2.22. The van der Waals surface area contributed by atoms with Gasteiger partial charge < -0.3 is 15.2 Å². The zero-order valence-electron chi connectivity index (χ0n) is 13.5. The van der Waals surface area contributed by atoms with Gasteiger partial charge in [-0.15, -0.1) is 12.4 Å². The molecule has 0 saturated carbocycles. The summed E-state index contributed by atoms with van der Waals surface area (Å²) in [6.45, 7) is 6.54. The van der Waals surface area contributed by atoms with E-state index in [-0.39, 0.29) is 18.3 Å². The van der Waals surface area contributed by atoms with Gasteiger partial charge in [-0.1, -0.05) is 5.16 Å². The molecule has 126 valence electrons. The molecule has 23 heavy (non-hydrogen) atoms. The number of carbonyl (C=O) groups is 1. The summed E-state index contributed by atoms with van der Waals surface area (Å²) in [6, 6.07) is 1.80. The molecule has 1 unspecified atom stereocenters. The molecule has 1 saturated heterocycles. The summed E-state index contributed by atoms with van der Waals surface area (Å²) in [5.41, 5.74) is 2.48. The van der Waals surface area contributed by atoms with Crippen LogP contribution in [0.15, 0.2) is 10.6 Å². The first-order valence-corrected chi connectivity index (χ1v) is 7.87. The van der Waals surface area contributed by atoms with E-state index in [1.165, 1.54) is 12.8 Å². The lowest BCUT2D eigenvalue weighted by Crippen LogP contribution is -2.33. The molecule has 1 fully saturated rings. The normalized spacial score (nSPS) is 17.7. The Kier molecular flexibility index (Phi) is 5.96. The summed E-state index contributed by atoms with van der Waals surface area (Å²) in [5, 5.41) is 11.0. The number of amides is 1. The summed E-state index contributed by atoms with van der Waals surface area (Å²) < 4.78 is 5.17. The van der Waals surface area contributed by atoms with E-state index in [0.29, 0.717) is 34.8 Å². The maximum absolute atomic E-state index is 12.5. The summed E-state index contributed by atoms with van der Waals surface area (Å²) in [4.78, 5) is 16.8. The number of hydrogen-bond acceptors (Lipinski definition) is 5. The molecule has 3 heterocycles. The van der Waals surface area contributed by atoms with Gasteiger partial charge in [-0.3, -0.25) is 4.79 Å². The molecule has 6 nitrogen and oxygen atoms in total. The van der Waals surface area contributed by atoms with Crippen LogP contribution < -0.4 is 10.6 Å². The third-order valence-corrected chi connectivity index (χ3v) is 4.23. The zero-order valence-corrected chi connectivity index (χ0v) is 14.3. The Labute approximate surface area is 141 Å². The molecule has 1 amide bonds. The molecule has 0 aromatic carbocycles. The molecular weight excluding hydrogens is 316 g/mol. The molecule has 1 aliphatic heterocycles. The fraction of sp³-hybridized carbons (Fsp3) is 0.562. The second-order valence-electron chi connectivity index (χ2n) is 6.02. The second kappa shape index (κ2) is 7.75. The number of nitrogens with zero attached hydrogens (tertiary/aromatic N) is 2. The second-order valence-corrected chi connectivity index (χ2v) is 6.02. The molecule has 0 aliphatic carbocycles. The van der Waals surface area contributed by atoms with Crippen molar-refractivity contribution in [2.75, 3.05) is 19.6 Å². The predicted molar refractivity (Wildman–Crippen MR) is 91.1 cm³/mol. The molecule has 3 rings (SSSR count). The van der Waals surface area contributed by atoms with Crippen molar-refractivity contribution in [3.05, 3.63) is 23.0 Å². The van der Waals surface area contributed by atoms with Crippen LogP contribution in [-0.2, 0) is 0 Å². The number of halogens is 1. The van der Waals surface area contributed by atoms with Crippen LogP contribution in [0.1, 0.15) is 41.0 Å². The Balaban J connectivity index is 0.00000192. The van der Waals surface area contributed by atoms with E-state index < -0.39 is 0 Å². The summed E-state index contributed by atoms with van der Waals surface area (Å²) in [6.07, 6.45) is 3.48. The van der Waals surface area contributed by atoms with Crippen LogP contribution in [0.2, 0.25) is 0 Å². The van der Waals surface area contributed by atoms with Gasteiger partial charge in [0.05, 0.1) is 16.6 Å². The van der Waals surface area contributed by atoms with Gasteiger partial charge >= 0.3 is 0 Å². The summed E-state index contributed by atoms with van der Waals surface area (Å²) >= 11 is 0. The van der Waals surface area contributed by atoms with E-state index in [4.69, 9.17) is 4.52 Å². The van der Waals surface area contributed by atoms with Crippen LogP contribution >= 0.6 is 12.4 Å². The number of piperidine rings is 1. The van der Waals surface area contributed by atoms with E-state index >= 15 is 0 Å². The lowest BCUT2D eigenvalue weighted by molar-refractivity contribution is 0.0952. The summed E-state index contributed by atoms with van der Waals surface area (Å²) in [5.74, 6) is 0.580. The average molecular weight is 339 g/mol. The zero-order chi connectivity index (χ0) is 15.5. The molecule has 2 aromatic rings. The highest BCUT2D eigenvalue weighted by atomic mass is 35.5. The molecule has 2 N–H and O–H groups in total. The smallest absolute Gasteiger partial charge is 0.258 e. The molecular formula is C16H23ClN4O2. The first-order valence-electron chi connectivity index (χ1n) is 7.87. The fourth-order valence-electron chi connectivity index (χ4n) is 3.05. The first-order chi connectivity index (χ1) is 10.6. The highest BCUT2D eigenvalue weighted by Gasteiger charge is 2.18. The van der Waals surface area contributed by atoms with Crippen LogP contribution in [0.4, 0.5) is 0 Å². The van der Waals surface area contributed by atoms with Crippen molar-refractivity contribution >= 4 is 29.4 Å². The monoisotopic (exact) mass is 338 g/mol. The number of hydrogen-bond donors (Lipinski definition) is 2. The topological polar surface area (TPSA) is 80.0 Å². The molecule has 0 spiro atoms. The van der Waals surface area contributed by atoms with Gasteiger partial charge in [0, 0.05) is 12.2 Å². The van der Waals surface area contributed by atoms with E-state index in [2.05, 4.69) is 20.8 Å². The highest BCUT2D eigenvalue weighted by molar-refractivity contribution is 6.06. The van der Waals surface area contributed by atoms with E-state index in [0.717, 1.165) is 25.2 Å². The number of aryl methyl sites for hydroxylation is 2. The SMILES string of the molecule is Cc1cc(C(=O)NCCC2CCCNC2)c2c(C)noc2n1.Cl. The minimum absolute atomic E-state index is 0. The van der Waals surface area contributed by atoms with Gasteiger partial charge in [0.15, 0.2) is 0 Å². The van der Waals surface area contributed by atoms with E-state index in [9.17, 15) is 4.79 Å². The Morgan fingerprint density at radius 3 is 3.04 bits per heavy atom. The number of rotatable bonds is 4. The third kappa shape index (κ3) is 4.00. The van der Waals surface area contributed by atoms with Gasteiger partial charge in [0.1, 0.15) is 0 Å². The van der Waals surface area contributed by atoms with Gasteiger partial charge in [-0.05, 0) is 58.2 Å². The fourth-order valence-corrected chi connectivity index (χ4v) is 3.05. The van der Waals surface area contributed by atoms with Crippen LogP contribution in [0.3, 0.4) is 0 Å². The standard InChI is InChI=1S/C16H22N4O2.ClH/c1-10-8-13(14-11(2)20-22-16(14)19-10)15(21)18-7-5-12-4-3-6-17-9-12;/h8,12,17H,3-7,9H2,1-2H3,(H,18,21);1H. The van der Waals surface area contributed by atoms with Crippen molar-refractivity contribution in [2.45, 2.75) is 33.1 Å². The Bertz CT molecular complexity index is 680. The van der Waals surface area contributed by atoms with Gasteiger partial charge in [0.2, 0.25) is 0 Å². The molecule has 0 bridgehead atoms. The van der Waals surface area contributed by atoms with Crippen molar-refractivity contribution in [2.24, 2.45) is 5.92 Å². The lowest BCUT2D eigenvalue weighted by Gasteiger charge is -2.22. The Hall–Kier alpha value is -1.66. The van der Waals surface area contributed by atoms with Crippen molar-refractivity contribution in [1.82, 2.24) is 20.8 Å². The maximum atomic E-state index is 12.5. The number of fused-ring (bicyclic) bond motifs is 1. The van der Waals surface area contributed by atoms with Gasteiger partial charge in [-0.2, -0.15) is 0 Å². The number of aromatic nitrogens is 2. The van der Waals surface area contributed by atoms with Crippen LogP contribution in [0.25, 0.3) is 11.1 Å². The number of carbonyl (C=O) groups excluding carboxylic acids is 1. The van der Waals surface area contributed by atoms with Crippen molar-refractivity contribution in [3.8, 4) is 0 Å². The third-order valence-electron chi connectivity index (χ3n) is 4.23. The van der Waals surface area contributed by atoms with Crippen LogP contribution in [0.5, 0.6) is 0 Å². The van der Waals surface area contributed by atoms with E-state index in [1.54, 1.807) is 6.07 Å². The van der Waals surface area contributed by atoms with Crippen molar-refractivity contribution < 1.29 is 9.32 Å². The van der Waals surface area contributed by atoms with Crippen LogP contribution in [-0.4, -0.2) is 35.7 Å². The number of pyridine rings is 1. The minimum atomic E-state index is -0.0782. The quantitative estimate of drug-likeness (QED) is 0.894. The Morgan fingerprint density at radius 1 is 1.48 bits per heavy atom. The summed E-state index contributed by atoms with van der Waals surface area (Å²) in [7, 11) is 0. The Morgan fingerprint density at radius 2 is 2.30 bits per heavy atom. The molecule has 1 aliphatic rings. The molecule has 7 heteroatoms. The first kappa shape index (κ1) is 17.7. The van der Waals surface area contributed by atoms with E-state index in [1.807, 2.05) is 13.8 Å². The van der Waals surface area contributed by atoms with Crippen molar-refractivity contribution in [1.29, 1.82) is 0 Å². The molecule has 2 aromatic heterocycles. The largest absolute Gasteiger partial charge is 0.352 e. The van der Waals surface area contributed by atoms with Crippen LogP contribution in [0, 0.1) is 19.8 Å². The molecule has 0 radical (unpaired) electrons. The average Bonchev–Trinajstić information content (AvgIpc) is 2.88. The van der Waals surface area contributed by atoms with Gasteiger partial charge in [0.25, 0.3) is 11.6 Å². The minimum Gasteiger partial charge on any atom is -0.352 e. The lowest BCUT2D eigenvalue weighted by atomic mass is 9.96.